The van der Waals surface area contributed by atoms with Crippen molar-refractivity contribution in [1.29, 1.82) is 0 Å². The van der Waals surface area contributed by atoms with Crippen molar-refractivity contribution in [2.24, 2.45) is 0 Å². The van der Waals surface area contributed by atoms with Crippen LogP contribution in [0.4, 0.5) is 29.5 Å². The zero-order chi connectivity index (χ0) is 23.6. The molecule has 33 heavy (non-hydrogen) atoms. The predicted molar refractivity (Wildman–Crippen MR) is 117 cm³/mol. The van der Waals surface area contributed by atoms with Crippen molar-refractivity contribution in [2.75, 3.05) is 50.6 Å². The molecule has 0 bridgehead atoms. The van der Waals surface area contributed by atoms with Crippen molar-refractivity contribution in [2.45, 2.75) is 6.18 Å². The van der Waals surface area contributed by atoms with Crippen molar-refractivity contribution in [3.05, 3.63) is 48.3 Å². The van der Waals surface area contributed by atoms with Crippen LogP contribution in [0.15, 0.2) is 42.7 Å². The zero-order valence-corrected chi connectivity index (χ0v) is 18.0. The summed E-state index contributed by atoms with van der Waals surface area (Å²) in [4.78, 5) is 24.9. The summed E-state index contributed by atoms with van der Waals surface area (Å²) in [6, 6.07) is 7.72. The molecule has 3 aromatic rings. The van der Waals surface area contributed by atoms with E-state index >= 15 is 0 Å². The quantitative estimate of drug-likeness (QED) is 0.632. The lowest BCUT2D eigenvalue weighted by atomic mass is 10.2. The molecule has 8 nitrogen and oxygen atoms in total. The zero-order valence-electron chi connectivity index (χ0n) is 18.0. The van der Waals surface area contributed by atoms with Gasteiger partial charge < -0.3 is 24.6 Å². The Labute approximate surface area is 187 Å². The van der Waals surface area contributed by atoms with Crippen molar-refractivity contribution >= 4 is 28.4 Å². The lowest BCUT2D eigenvalue weighted by Gasteiger charge is -2.35. The number of methoxy groups -OCH3 is 2. The van der Waals surface area contributed by atoms with E-state index in [0.717, 1.165) is 17.5 Å². The number of carbonyl (C=O) groups is 1. The highest BCUT2D eigenvalue weighted by molar-refractivity contribution is 5.92. The number of carbonyl (C=O) groups excluding carboxylic acids is 1. The van der Waals surface area contributed by atoms with Gasteiger partial charge >= 0.3 is 12.2 Å². The number of ether oxygens (including phenoxy) is 2. The number of hydrogen-bond donors (Lipinski definition) is 1. The normalized spacial score (nSPS) is 14.3. The Morgan fingerprint density at radius 1 is 1.00 bits per heavy atom. The van der Waals surface area contributed by atoms with E-state index in [1.807, 2.05) is 11.0 Å². The third kappa shape index (κ3) is 4.71. The van der Waals surface area contributed by atoms with Gasteiger partial charge in [-0.15, -0.1) is 0 Å². The summed E-state index contributed by atoms with van der Waals surface area (Å²) >= 11 is 0. The first-order valence-corrected chi connectivity index (χ1v) is 10.1. The summed E-state index contributed by atoms with van der Waals surface area (Å²) in [5.74, 6) is 1.82. The standard InChI is InChI=1S/C22H22F3N5O3/c1-32-18-11-16-17(12-19(18)33-2)26-13-27-20(16)29-6-8-30(9-7-29)21(31)28-15-5-3-4-14(10-15)22(23,24)25/h3-5,10-13H,6-9H2,1-2H3,(H,28,31). The number of benzene rings is 2. The molecular formula is C22H22F3N5O3. The molecule has 11 heteroatoms. The number of urea groups is 1. The Balaban J connectivity index is 1.46. The van der Waals surface area contributed by atoms with E-state index in [1.54, 1.807) is 25.2 Å². The topological polar surface area (TPSA) is 79.8 Å². The number of nitrogens with one attached hydrogen (secondary N) is 1. The number of alkyl halides is 3. The average Bonchev–Trinajstić information content (AvgIpc) is 2.82. The highest BCUT2D eigenvalue weighted by Gasteiger charge is 2.31. The van der Waals surface area contributed by atoms with Gasteiger partial charge in [-0.25, -0.2) is 14.8 Å². The number of aromatic nitrogens is 2. The maximum Gasteiger partial charge on any atom is 0.416 e. The van der Waals surface area contributed by atoms with Crippen LogP contribution in [-0.4, -0.2) is 61.3 Å². The molecule has 1 aliphatic rings. The summed E-state index contributed by atoms with van der Waals surface area (Å²) in [5.41, 5.74) is -0.0183. The fourth-order valence-electron chi connectivity index (χ4n) is 3.72. The summed E-state index contributed by atoms with van der Waals surface area (Å²) in [6.07, 6.45) is -3.00. The minimum atomic E-state index is -4.47. The Morgan fingerprint density at radius 3 is 2.36 bits per heavy atom. The van der Waals surface area contributed by atoms with E-state index in [4.69, 9.17) is 9.47 Å². The first-order chi connectivity index (χ1) is 15.8. The summed E-state index contributed by atoms with van der Waals surface area (Å²) < 4.78 is 49.5. The van der Waals surface area contributed by atoms with Gasteiger partial charge in [0.15, 0.2) is 11.5 Å². The summed E-state index contributed by atoms with van der Waals surface area (Å²) in [5, 5.41) is 3.34. The van der Waals surface area contributed by atoms with E-state index in [2.05, 4.69) is 15.3 Å². The van der Waals surface area contributed by atoms with Crippen LogP contribution in [0.5, 0.6) is 11.5 Å². The second kappa shape index (κ2) is 9.00. The highest BCUT2D eigenvalue weighted by atomic mass is 19.4. The lowest BCUT2D eigenvalue weighted by molar-refractivity contribution is -0.137. The number of anilines is 2. The molecule has 1 fully saturated rings. The smallest absolute Gasteiger partial charge is 0.416 e. The summed E-state index contributed by atoms with van der Waals surface area (Å²) in [6.45, 7) is 1.75. The molecule has 1 aliphatic heterocycles. The van der Waals surface area contributed by atoms with Crippen LogP contribution in [0, 0.1) is 0 Å². The molecule has 2 heterocycles. The van der Waals surface area contributed by atoms with Gasteiger partial charge in [-0.05, 0) is 24.3 Å². The molecule has 1 N–H and O–H groups in total. The van der Waals surface area contributed by atoms with Gasteiger partial charge in [-0.3, -0.25) is 0 Å². The lowest BCUT2D eigenvalue weighted by Crippen LogP contribution is -2.50. The molecule has 4 rings (SSSR count). The molecule has 0 radical (unpaired) electrons. The largest absolute Gasteiger partial charge is 0.493 e. The van der Waals surface area contributed by atoms with Crippen LogP contribution in [-0.2, 0) is 6.18 Å². The number of hydrogen-bond acceptors (Lipinski definition) is 6. The second-order valence-corrected chi connectivity index (χ2v) is 7.40. The Hall–Kier alpha value is -3.76. The van der Waals surface area contributed by atoms with Crippen LogP contribution >= 0.6 is 0 Å². The van der Waals surface area contributed by atoms with E-state index in [1.165, 1.54) is 18.5 Å². The van der Waals surface area contributed by atoms with Crippen LogP contribution in [0.1, 0.15) is 5.56 Å². The van der Waals surface area contributed by atoms with E-state index < -0.39 is 17.8 Å². The molecule has 0 spiro atoms. The molecule has 0 saturated carbocycles. The number of fused-ring (bicyclic) bond motifs is 1. The maximum absolute atomic E-state index is 12.9. The predicted octanol–water partition coefficient (Wildman–Crippen LogP) is 4.02. The second-order valence-electron chi connectivity index (χ2n) is 7.40. The molecule has 1 aromatic heterocycles. The minimum absolute atomic E-state index is 0.0973. The third-order valence-corrected chi connectivity index (χ3v) is 5.43. The van der Waals surface area contributed by atoms with Crippen LogP contribution < -0.4 is 19.7 Å². The molecule has 0 unspecified atom stereocenters. The maximum atomic E-state index is 12.9. The molecule has 1 saturated heterocycles. The third-order valence-electron chi connectivity index (χ3n) is 5.43. The first kappa shape index (κ1) is 22.4. The van der Waals surface area contributed by atoms with Crippen molar-refractivity contribution < 1.29 is 27.4 Å². The van der Waals surface area contributed by atoms with Gasteiger partial charge in [-0.2, -0.15) is 13.2 Å². The number of piperazine rings is 1. The van der Waals surface area contributed by atoms with Gasteiger partial charge in [0, 0.05) is 43.3 Å². The highest BCUT2D eigenvalue weighted by Crippen LogP contribution is 2.35. The van der Waals surface area contributed by atoms with E-state index in [-0.39, 0.29) is 5.69 Å². The van der Waals surface area contributed by atoms with E-state index in [0.29, 0.717) is 49.0 Å². The summed E-state index contributed by atoms with van der Waals surface area (Å²) in [7, 11) is 3.10. The SMILES string of the molecule is COc1cc2ncnc(N3CCN(C(=O)Nc4cccc(C(F)(F)F)c4)CC3)c2cc1OC. The monoisotopic (exact) mass is 461 g/mol. The first-order valence-electron chi connectivity index (χ1n) is 10.1. The number of nitrogens with zero attached hydrogens (tertiary/aromatic N) is 4. The van der Waals surface area contributed by atoms with Crippen LogP contribution in [0.3, 0.4) is 0 Å². The molecule has 174 valence electrons. The number of halogens is 3. The van der Waals surface area contributed by atoms with Crippen molar-refractivity contribution in [1.82, 2.24) is 14.9 Å². The fraction of sp³-hybridized carbons (Fsp3) is 0.318. The number of rotatable bonds is 4. The van der Waals surface area contributed by atoms with Crippen LogP contribution in [0.25, 0.3) is 10.9 Å². The molecular weight excluding hydrogens is 439 g/mol. The Kier molecular flexibility index (Phi) is 6.12. The fourth-order valence-corrected chi connectivity index (χ4v) is 3.72. The van der Waals surface area contributed by atoms with Gasteiger partial charge in [0.25, 0.3) is 0 Å². The van der Waals surface area contributed by atoms with Crippen LogP contribution in [0.2, 0.25) is 0 Å². The molecule has 0 aliphatic carbocycles. The van der Waals surface area contributed by atoms with Gasteiger partial charge in [0.1, 0.15) is 12.1 Å². The van der Waals surface area contributed by atoms with Crippen molar-refractivity contribution in [3.63, 3.8) is 0 Å². The van der Waals surface area contributed by atoms with Crippen molar-refractivity contribution in [3.8, 4) is 11.5 Å². The Morgan fingerprint density at radius 2 is 1.70 bits per heavy atom. The Bertz CT molecular complexity index is 1160. The van der Waals surface area contributed by atoms with E-state index in [9.17, 15) is 18.0 Å². The molecule has 2 aromatic carbocycles. The molecule has 0 atom stereocenters. The molecule has 2 amide bonds. The minimum Gasteiger partial charge on any atom is -0.493 e. The number of amides is 2. The van der Waals surface area contributed by atoms with Gasteiger partial charge in [0.2, 0.25) is 0 Å². The van der Waals surface area contributed by atoms with Gasteiger partial charge in [0.05, 0.1) is 25.3 Å². The van der Waals surface area contributed by atoms with Gasteiger partial charge in [-0.1, -0.05) is 6.07 Å². The average molecular weight is 461 g/mol.